The van der Waals surface area contributed by atoms with Crippen molar-refractivity contribution in [1.82, 2.24) is 10.2 Å². The number of anilines is 1. The van der Waals surface area contributed by atoms with E-state index in [0.717, 1.165) is 23.8 Å². The van der Waals surface area contributed by atoms with Crippen molar-refractivity contribution in [3.05, 3.63) is 29.8 Å². The van der Waals surface area contributed by atoms with Gasteiger partial charge in [-0.2, -0.15) is 0 Å². The van der Waals surface area contributed by atoms with Gasteiger partial charge in [-0.25, -0.2) is 0 Å². The summed E-state index contributed by atoms with van der Waals surface area (Å²) in [5, 5.41) is 6.41. The second-order valence-electron chi connectivity index (χ2n) is 5.80. The number of nitrogens with zero attached hydrogens (tertiary/aromatic N) is 1. The summed E-state index contributed by atoms with van der Waals surface area (Å²) in [5.41, 5.74) is 1.78. The van der Waals surface area contributed by atoms with E-state index in [2.05, 4.69) is 15.5 Å². The van der Waals surface area contributed by atoms with Crippen LogP contribution in [0.5, 0.6) is 0 Å². The molecule has 1 saturated carbocycles. The van der Waals surface area contributed by atoms with Crippen LogP contribution in [-0.2, 0) is 0 Å². The van der Waals surface area contributed by atoms with Crippen LogP contribution < -0.4 is 10.6 Å². The molecule has 1 saturated heterocycles. The van der Waals surface area contributed by atoms with Crippen LogP contribution in [0.3, 0.4) is 0 Å². The molecule has 2 aliphatic rings. The molecule has 0 spiro atoms. The highest BCUT2D eigenvalue weighted by Crippen LogP contribution is 2.30. The number of carbonyl (C=O) groups is 1. The highest BCUT2D eigenvalue weighted by molar-refractivity contribution is 5.95. The monoisotopic (exact) mass is 273 g/mol. The summed E-state index contributed by atoms with van der Waals surface area (Å²) in [4.78, 5) is 14.4. The third kappa shape index (κ3) is 3.12. The molecule has 1 aromatic rings. The first-order valence-electron chi connectivity index (χ1n) is 7.65. The van der Waals surface area contributed by atoms with Gasteiger partial charge in [0.15, 0.2) is 0 Å². The second kappa shape index (κ2) is 5.83. The molecule has 1 aliphatic heterocycles. The molecule has 1 aliphatic carbocycles. The fourth-order valence-corrected chi connectivity index (χ4v) is 2.92. The van der Waals surface area contributed by atoms with Crippen molar-refractivity contribution in [1.29, 1.82) is 0 Å². The van der Waals surface area contributed by atoms with Crippen LogP contribution in [-0.4, -0.2) is 42.5 Å². The van der Waals surface area contributed by atoms with Crippen LogP contribution in [0.2, 0.25) is 0 Å². The number of benzene rings is 1. The Bertz CT molecular complexity index is 484. The van der Waals surface area contributed by atoms with E-state index in [4.69, 9.17) is 0 Å². The minimum absolute atomic E-state index is 0.00202. The normalized spacial score (nSPS) is 22.8. The van der Waals surface area contributed by atoms with Crippen molar-refractivity contribution >= 4 is 11.6 Å². The summed E-state index contributed by atoms with van der Waals surface area (Å²) in [6.45, 7) is 4.94. The Labute approximate surface area is 120 Å². The summed E-state index contributed by atoms with van der Waals surface area (Å²) in [6, 6.07) is 9.17. The quantitative estimate of drug-likeness (QED) is 0.863. The van der Waals surface area contributed by atoms with E-state index in [-0.39, 0.29) is 5.91 Å². The average Bonchev–Trinajstić information content (AvgIpc) is 3.20. The lowest BCUT2D eigenvalue weighted by Gasteiger charge is -2.17. The van der Waals surface area contributed by atoms with Crippen molar-refractivity contribution < 1.29 is 4.79 Å². The Kier molecular flexibility index (Phi) is 3.92. The summed E-state index contributed by atoms with van der Waals surface area (Å²) in [5.74, 6) is 0.00202. The van der Waals surface area contributed by atoms with Gasteiger partial charge in [-0.1, -0.05) is 6.07 Å². The van der Waals surface area contributed by atoms with Crippen molar-refractivity contribution in [2.24, 2.45) is 0 Å². The maximum absolute atomic E-state index is 11.8. The minimum Gasteiger partial charge on any atom is -0.381 e. The molecule has 0 radical (unpaired) electrons. The highest BCUT2D eigenvalue weighted by atomic mass is 16.1. The first kappa shape index (κ1) is 13.4. The molecule has 1 aromatic carbocycles. The highest BCUT2D eigenvalue weighted by Gasteiger charge is 2.34. The van der Waals surface area contributed by atoms with E-state index in [1.54, 1.807) is 0 Å². The largest absolute Gasteiger partial charge is 0.381 e. The van der Waals surface area contributed by atoms with Crippen LogP contribution in [0.4, 0.5) is 5.69 Å². The molecule has 108 valence electrons. The molecule has 4 heteroatoms. The zero-order valence-corrected chi connectivity index (χ0v) is 12.1. The number of likely N-dealkylation sites (tertiary alicyclic amines) is 1. The maximum atomic E-state index is 11.8. The predicted molar refractivity (Wildman–Crippen MR) is 81.1 cm³/mol. The smallest absolute Gasteiger partial charge is 0.251 e. The molecule has 4 nitrogen and oxygen atoms in total. The molecule has 0 aromatic heterocycles. The Hall–Kier alpha value is -1.55. The topological polar surface area (TPSA) is 44.4 Å². The zero-order valence-electron chi connectivity index (χ0n) is 12.1. The van der Waals surface area contributed by atoms with Gasteiger partial charge in [0.05, 0.1) is 0 Å². The van der Waals surface area contributed by atoms with E-state index in [1.807, 2.05) is 31.2 Å². The third-order valence-electron chi connectivity index (χ3n) is 4.12. The molecule has 1 atom stereocenters. The van der Waals surface area contributed by atoms with E-state index >= 15 is 0 Å². The number of rotatable bonds is 5. The Balaban J connectivity index is 1.59. The van der Waals surface area contributed by atoms with Crippen molar-refractivity contribution in [2.45, 2.75) is 38.3 Å². The molecule has 0 bridgehead atoms. The van der Waals surface area contributed by atoms with Crippen LogP contribution in [0, 0.1) is 0 Å². The van der Waals surface area contributed by atoms with E-state index in [0.29, 0.717) is 12.6 Å². The number of nitrogens with one attached hydrogen (secondary N) is 2. The van der Waals surface area contributed by atoms with E-state index in [1.165, 1.54) is 25.8 Å². The molecule has 3 rings (SSSR count). The van der Waals surface area contributed by atoms with Crippen molar-refractivity contribution in [3.8, 4) is 0 Å². The molecule has 1 amide bonds. The Morgan fingerprint density at radius 2 is 2.20 bits per heavy atom. The third-order valence-corrected chi connectivity index (χ3v) is 4.12. The standard InChI is InChI=1S/C16H23N3O/c1-2-17-16(20)12-4-3-5-13(10-12)18-14-8-9-19(11-14)15-6-7-15/h3-5,10,14-15,18H,2,6-9,11H2,1H3,(H,17,20). The van der Waals surface area contributed by atoms with Crippen LogP contribution in [0.25, 0.3) is 0 Å². The number of carbonyl (C=O) groups excluding carboxylic acids is 1. The maximum Gasteiger partial charge on any atom is 0.251 e. The number of amides is 1. The molecule has 20 heavy (non-hydrogen) atoms. The SMILES string of the molecule is CCNC(=O)c1cccc(NC2CCN(C3CC3)C2)c1. The fourth-order valence-electron chi connectivity index (χ4n) is 2.92. The van der Waals surface area contributed by atoms with Crippen LogP contribution in [0.1, 0.15) is 36.5 Å². The van der Waals surface area contributed by atoms with Gasteiger partial charge >= 0.3 is 0 Å². The molecular weight excluding hydrogens is 250 g/mol. The molecule has 1 heterocycles. The number of hydrogen-bond donors (Lipinski definition) is 2. The summed E-state index contributed by atoms with van der Waals surface area (Å²) in [7, 11) is 0. The summed E-state index contributed by atoms with van der Waals surface area (Å²) < 4.78 is 0. The second-order valence-corrected chi connectivity index (χ2v) is 5.80. The first-order valence-corrected chi connectivity index (χ1v) is 7.65. The van der Waals surface area contributed by atoms with E-state index < -0.39 is 0 Å². The van der Waals surface area contributed by atoms with Gasteiger partial charge in [0.25, 0.3) is 5.91 Å². The number of hydrogen-bond acceptors (Lipinski definition) is 3. The van der Waals surface area contributed by atoms with Crippen LogP contribution >= 0.6 is 0 Å². The summed E-state index contributed by atoms with van der Waals surface area (Å²) in [6.07, 6.45) is 3.95. The first-order chi connectivity index (χ1) is 9.76. The van der Waals surface area contributed by atoms with Crippen molar-refractivity contribution in [2.75, 3.05) is 25.0 Å². The minimum atomic E-state index is 0.00202. The van der Waals surface area contributed by atoms with Gasteiger partial charge in [-0.15, -0.1) is 0 Å². The lowest BCUT2D eigenvalue weighted by molar-refractivity contribution is 0.0956. The van der Waals surface area contributed by atoms with Gasteiger partial charge in [0, 0.05) is 43.0 Å². The lowest BCUT2D eigenvalue weighted by Crippen LogP contribution is -2.28. The average molecular weight is 273 g/mol. The van der Waals surface area contributed by atoms with Gasteiger partial charge in [-0.3, -0.25) is 9.69 Å². The molecular formula is C16H23N3O. The van der Waals surface area contributed by atoms with Gasteiger partial charge in [-0.05, 0) is 44.4 Å². The Morgan fingerprint density at radius 3 is 2.95 bits per heavy atom. The van der Waals surface area contributed by atoms with Crippen molar-refractivity contribution in [3.63, 3.8) is 0 Å². The van der Waals surface area contributed by atoms with Gasteiger partial charge in [0.2, 0.25) is 0 Å². The molecule has 1 unspecified atom stereocenters. The van der Waals surface area contributed by atoms with Crippen LogP contribution in [0.15, 0.2) is 24.3 Å². The fraction of sp³-hybridized carbons (Fsp3) is 0.562. The summed E-state index contributed by atoms with van der Waals surface area (Å²) >= 11 is 0. The van der Waals surface area contributed by atoms with Gasteiger partial charge < -0.3 is 10.6 Å². The lowest BCUT2D eigenvalue weighted by atomic mass is 10.1. The zero-order chi connectivity index (χ0) is 13.9. The Morgan fingerprint density at radius 1 is 1.35 bits per heavy atom. The van der Waals surface area contributed by atoms with Gasteiger partial charge in [0.1, 0.15) is 0 Å². The van der Waals surface area contributed by atoms with E-state index in [9.17, 15) is 4.79 Å². The molecule has 2 fully saturated rings. The predicted octanol–water partition coefficient (Wildman–Crippen LogP) is 2.08. The molecule has 2 N–H and O–H groups in total.